The van der Waals surface area contributed by atoms with Gasteiger partial charge in [-0.1, -0.05) is 19.4 Å². The first-order valence-corrected chi connectivity index (χ1v) is 12.9. The zero-order valence-electron chi connectivity index (χ0n) is 17.8. The van der Waals surface area contributed by atoms with Crippen LogP contribution in [0.4, 0.5) is 0 Å². The van der Waals surface area contributed by atoms with Crippen molar-refractivity contribution in [1.29, 1.82) is 0 Å². The maximum absolute atomic E-state index is 13.2. The first-order valence-electron chi connectivity index (χ1n) is 11.5. The lowest BCUT2D eigenvalue weighted by Crippen LogP contribution is -2.54. The maximum Gasteiger partial charge on any atom is 0.188 e. The first kappa shape index (κ1) is 19.6. The molecule has 0 aromatic carbocycles. The fraction of sp³-hybridized carbons (Fsp3) is 0.875. The number of ketones is 1. The molecule has 5 aliphatic rings. The molecule has 0 bridgehead atoms. The molecule has 0 aromatic heterocycles. The smallest absolute Gasteiger partial charge is 0.188 e. The minimum atomic E-state index is -0.427. The van der Waals surface area contributed by atoms with Crippen molar-refractivity contribution in [2.75, 3.05) is 25.2 Å². The second kappa shape index (κ2) is 6.85. The number of fused-ring (bicyclic) bond motifs is 5. The van der Waals surface area contributed by atoms with E-state index >= 15 is 0 Å². The molecule has 1 aliphatic heterocycles. The van der Waals surface area contributed by atoms with Crippen molar-refractivity contribution in [2.45, 2.75) is 71.0 Å². The van der Waals surface area contributed by atoms with Gasteiger partial charge in [0.1, 0.15) is 5.78 Å². The van der Waals surface area contributed by atoms with E-state index in [4.69, 9.17) is 9.47 Å². The second-order valence-corrected chi connectivity index (χ2v) is 11.2. The molecular formula is C24H36O3S. The number of allylic oxidation sites excluding steroid dienone is 1. The molecule has 1 spiro atoms. The molecule has 3 nitrogen and oxygen atoms in total. The summed E-state index contributed by atoms with van der Waals surface area (Å²) in [5.41, 5.74) is 1.88. The molecule has 0 N–H and O–H groups in total. The minimum Gasteiger partial charge on any atom is -0.344 e. The Kier molecular flexibility index (Phi) is 4.80. The summed E-state index contributed by atoms with van der Waals surface area (Å²) in [5.74, 6) is 3.77. The van der Waals surface area contributed by atoms with Crippen LogP contribution in [0.25, 0.3) is 0 Å². The number of hydrogen-bond donors (Lipinski definition) is 0. The average molecular weight is 405 g/mol. The van der Waals surface area contributed by atoms with Crippen LogP contribution in [-0.4, -0.2) is 36.8 Å². The second-order valence-electron chi connectivity index (χ2n) is 10.3. The summed E-state index contributed by atoms with van der Waals surface area (Å²) >= 11 is 2.01. The Hall–Kier alpha value is -0.320. The van der Waals surface area contributed by atoms with E-state index in [1.165, 1.54) is 31.4 Å². The molecule has 0 unspecified atom stereocenters. The number of thioether (sulfide) groups is 1. The summed E-state index contributed by atoms with van der Waals surface area (Å²) in [6, 6.07) is 0. The third-order valence-electron chi connectivity index (χ3n) is 9.38. The minimum absolute atomic E-state index is 0.0445. The van der Waals surface area contributed by atoms with Crippen molar-refractivity contribution in [3.05, 3.63) is 11.6 Å². The van der Waals surface area contributed by atoms with Gasteiger partial charge in [0.15, 0.2) is 5.79 Å². The molecule has 0 amide bonds. The van der Waals surface area contributed by atoms with E-state index < -0.39 is 5.79 Å². The van der Waals surface area contributed by atoms with E-state index in [1.54, 1.807) is 5.57 Å². The molecule has 4 fully saturated rings. The maximum atomic E-state index is 13.2. The Labute approximate surface area is 174 Å². The van der Waals surface area contributed by atoms with Gasteiger partial charge in [0.25, 0.3) is 0 Å². The molecule has 4 heteroatoms. The summed E-state index contributed by atoms with van der Waals surface area (Å²) < 4.78 is 12.1. The number of carbonyl (C=O) groups is 1. The van der Waals surface area contributed by atoms with Gasteiger partial charge < -0.3 is 9.47 Å². The van der Waals surface area contributed by atoms with Crippen molar-refractivity contribution >= 4 is 17.5 Å². The summed E-state index contributed by atoms with van der Waals surface area (Å²) in [7, 11) is 0. The number of rotatable bonds is 3. The molecule has 4 aliphatic carbocycles. The van der Waals surface area contributed by atoms with E-state index in [1.807, 2.05) is 11.8 Å². The van der Waals surface area contributed by atoms with E-state index in [9.17, 15) is 4.79 Å². The van der Waals surface area contributed by atoms with Gasteiger partial charge in [-0.25, -0.2) is 0 Å². The van der Waals surface area contributed by atoms with Gasteiger partial charge in [0, 0.05) is 28.9 Å². The van der Waals surface area contributed by atoms with Crippen molar-refractivity contribution in [3.8, 4) is 0 Å². The van der Waals surface area contributed by atoms with Gasteiger partial charge >= 0.3 is 0 Å². The highest BCUT2D eigenvalue weighted by molar-refractivity contribution is 7.98. The summed E-state index contributed by atoms with van der Waals surface area (Å²) in [4.78, 5) is 13.2. The molecule has 0 aromatic rings. The molecule has 156 valence electrons. The first-order chi connectivity index (χ1) is 13.5. The highest BCUT2D eigenvalue weighted by Crippen LogP contribution is 2.66. The fourth-order valence-electron chi connectivity index (χ4n) is 8.00. The van der Waals surface area contributed by atoms with Crippen LogP contribution in [0.3, 0.4) is 0 Å². The van der Waals surface area contributed by atoms with Crippen LogP contribution in [0.5, 0.6) is 0 Å². The van der Waals surface area contributed by atoms with Gasteiger partial charge in [0.05, 0.1) is 13.2 Å². The lowest BCUT2D eigenvalue weighted by atomic mass is 9.47. The van der Waals surface area contributed by atoms with Crippen LogP contribution in [0.15, 0.2) is 11.6 Å². The standard InChI is InChI=1S/C24H36O3S/c1-4-16-13-20-18-6-5-17-14-24(26-11-12-27-24)10-9-23(17,15-28-3)19(18)7-8-22(20,2)21(16)25/h14,16,18-20H,4-13,15H2,1-3H3/t16-,18+,19-,20-,22-,23+/m0/s1. The van der Waals surface area contributed by atoms with Crippen LogP contribution >= 0.6 is 11.8 Å². The number of ether oxygens (including phenoxy) is 2. The third-order valence-corrected chi connectivity index (χ3v) is 10.2. The third kappa shape index (κ3) is 2.59. The van der Waals surface area contributed by atoms with Crippen LogP contribution in [0.1, 0.15) is 65.2 Å². The van der Waals surface area contributed by atoms with Crippen LogP contribution in [0.2, 0.25) is 0 Å². The van der Waals surface area contributed by atoms with Crippen LogP contribution < -0.4 is 0 Å². The molecule has 0 radical (unpaired) electrons. The number of carbonyl (C=O) groups excluding carboxylic acids is 1. The van der Waals surface area contributed by atoms with Crippen molar-refractivity contribution in [3.63, 3.8) is 0 Å². The van der Waals surface area contributed by atoms with Crippen molar-refractivity contribution in [2.24, 2.45) is 34.5 Å². The van der Waals surface area contributed by atoms with Crippen molar-refractivity contribution < 1.29 is 14.3 Å². The molecule has 6 atom stereocenters. The Balaban J connectivity index is 1.50. The van der Waals surface area contributed by atoms with E-state index in [2.05, 4.69) is 26.2 Å². The van der Waals surface area contributed by atoms with Gasteiger partial charge in [-0.05, 0) is 75.0 Å². The van der Waals surface area contributed by atoms with Gasteiger partial charge in [-0.2, -0.15) is 11.8 Å². The Morgan fingerprint density at radius 2 is 1.93 bits per heavy atom. The highest BCUT2D eigenvalue weighted by Gasteiger charge is 2.62. The van der Waals surface area contributed by atoms with Crippen LogP contribution in [0, 0.1) is 34.5 Å². The van der Waals surface area contributed by atoms with Crippen LogP contribution in [-0.2, 0) is 14.3 Å². The van der Waals surface area contributed by atoms with E-state index in [-0.39, 0.29) is 5.41 Å². The number of hydrogen-bond acceptors (Lipinski definition) is 4. The van der Waals surface area contributed by atoms with Gasteiger partial charge in [-0.3, -0.25) is 4.79 Å². The van der Waals surface area contributed by atoms with Gasteiger partial charge in [-0.15, -0.1) is 0 Å². The van der Waals surface area contributed by atoms with Crippen molar-refractivity contribution in [1.82, 2.24) is 0 Å². The summed E-state index contributed by atoms with van der Waals surface area (Å²) in [5, 5.41) is 0. The zero-order valence-corrected chi connectivity index (χ0v) is 18.6. The van der Waals surface area contributed by atoms with E-state index in [0.29, 0.717) is 23.0 Å². The lowest BCUT2D eigenvalue weighted by molar-refractivity contribution is -0.145. The Morgan fingerprint density at radius 1 is 1.14 bits per heavy atom. The Bertz CT molecular complexity index is 681. The average Bonchev–Trinajstić information content (AvgIpc) is 3.25. The monoisotopic (exact) mass is 404 g/mol. The molecule has 3 saturated carbocycles. The largest absolute Gasteiger partial charge is 0.344 e. The predicted octanol–water partition coefficient (Wildman–Crippen LogP) is 5.24. The quantitative estimate of drug-likeness (QED) is 0.603. The molecule has 1 heterocycles. The Morgan fingerprint density at radius 3 is 2.64 bits per heavy atom. The highest BCUT2D eigenvalue weighted by atomic mass is 32.2. The normalized spacial score (nSPS) is 46.8. The lowest BCUT2D eigenvalue weighted by Gasteiger charge is -2.59. The number of Topliss-reactive ketones (excluding diaryl/α,β-unsaturated/α-hetero) is 1. The zero-order chi connectivity index (χ0) is 19.6. The summed E-state index contributed by atoms with van der Waals surface area (Å²) in [6.07, 6.45) is 13.8. The topological polar surface area (TPSA) is 35.5 Å². The molecule has 5 rings (SSSR count). The SMILES string of the molecule is CC[C@H]1C[C@H]2[C@@H]3CCC4=CC5(CC[C@]4(CSC)[C@H]3CC[C@]2(C)C1=O)OCCO5. The predicted molar refractivity (Wildman–Crippen MR) is 113 cm³/mol. The fourth-order valence-corrected chi connectivity index (χ4v) is 9.06. The molecular weight excluding hydrogens is 368 g/mol. The molecule has 1 saturated heterocycles. The summed E-state index contributed by atoms with van der Waals surface area (Å²) in [6.45, 7) is 5.98. The van der Waals surface area contributed by atoms with E-state index in [0.717, 1.165) is 50.7 Å². The molecule has 28 heavy (non-hydrogen) atoms. The van der Waals surface area contributed by atoms with Gasteiger partial charge in [0.2, 0.25) is 0 Å².